The van der Waals surface area contributed by atoms with Gasteiger partial charge in [-0.1, -0.05) is 33.1 Å². The zero-order chi connectivity index (χ0) is 11.5. The number of hydrogen-bond donors (Lipinski definition) is 1. The first-order valence-corrected chi connectivity index (χ1v) is 6.17. The standard InChI is InChI=1S/C12H26N2O/c1-4-6-8-9-13-11-12(15)14(3)10-7-5-2/h13H,4-11H2,1-3H3. The van der Waals surface area contributed by atoms with Crippen molar-refractivity contribution in [3.05, 3.63) is 0 Å². The number of likely N-dealkylation sites (N-methyl/N-ethyl adjacent to an activating group) is 1. The van der Waals surface area contributed by atoms with Crippen LogP contribution in [0.15, 0.2) is 0 Å². The van der Waals surface area contributed by atoms with Crippen LogP contribution in [0.5, 0.6) is 0 Å². The lowest BCUT2D eigenvalue weighted by Crippen LogP contribution is -2.36. The molecule has 0 saturated carbocycles. The maximum Gasteiger partial charge on any atom is 0.236 e. The fourth-order valence-corrected chi connectivity index (χ4v) is 1.35. The minimum Gasteiger partial charge on any atom is -0.345 e. The Labute approximate surface area is 94.2 Å². The highest BCUT2D eigenvalue weighted by molar-refractivity contribution is 5.77. The Bertz CT molecular complexity index is 160. The lowest BCUT2D eigenvalue weighted by molar-refractivity contribution is -0.129. The van der Waals surface area contributed by atoms with Gasteiger partial charge in [0.1, 0.15) is 0 Å². The molecule has 0 radical (unpaired) electrons. The Morgan fingerprint density at radius 2 is 1.80 bits per heavy atom. The van der Waals surface area contributed by atoms with E-state index in [0.717, 1.165) is 25.9 Å². The molecule has 0 saturated heterocycles. The molecule has 3 heteroatoms. The molecule has 1 amide bonds. The van der Waals surface area contributed by atoms with E-state index in [0.29, 0.717) is 6.54 Å². The summed E-state index contributed by atoms with van der Waals surface area (Å²) in [5.41, 5.74) is 0. The third kappa shape index (κ3) is 8.43. The number of unbranched alkanes of at least 4 members (excludes halogenated alkanes) is 3. The Kier molecular flexibility index (Phi) is 9.59. The van der Waals surface area contributed by atoms with Gasteiger partial charge in [0.15, 0.2) is 0 Å². The van der Waals surface area contributed by atoms with Crippen molar-refractivity contribution in [1.29, 1.82) is 0 Å². The van der Waals surface area contributed by atoms with Crippen molar-refractivity contribution in [3.8, 4) is 0 Å². The third-order valence-electron chi connectivity index (χ3n) is 2.51. The molecule has 0 aliphatic rings. The molecule has 0 spiro atoms. The second-order valence-electron chi connectivity index (χ2n) is 4.05. The van der Waals surface area contributed by atoms with Crippen LogP contribution < -0.4 is 5.32 Å². The monoisotopic (exact) mass is 214 g/mol. The first-order chi connectivity index (χ1) is 7.22. The number of amides is 1. The van der Waals surface area contributed by atoms with E-state index in [9.17, 15) is 4.79 Å². The van der Waals surface area contributed by atoms with Crippen molar-refractivity contribution >= 4 is 5.91 Å². The summed E-state index contributed by atoms with van der Waals surface area (Å²) in [6, 6.07) is 0. The summed E-state index contributed by atoms with van der Waals surface area (Å²) in [5.74, 6) is 0.208. The van der Waals surface area contributed by atoms with Gasteiger partial charge >= 0.3 is 0 Å². The Morgan fingerprint density at radius 3 is 2.40 bits per heavy atom. The van der Waals surface area contributed by atoms with Gasteiger partial charge in [0.2, 0.25) is 5.91 Å². The average Bonchev–Trinajstić information content (AvgIpc) is 2.25. The molecular formula is C12H26N2O. The zero-order valence-corrected chi connectivity index (χ0v) is 10.5. The summed E-state index contributed by atoms with van der Waals surface area (Å²) in [4.78, 5) is 13.4. The topological polar surface area (TPSA) is 32.3 Å². The van der Waals surface area contributed by atoms with Gasteiger partial charge in [-0.25, -0.2) is 0 Å². The molecule has 0 aromatic rings. The van der Waals surface area contributed by atoms with Crippen molar-refractivity contribution in [1.82, 2.24) is 10.2 Å². The highest BCUT2D eigenvalue weighted by atomic mass is 16.2. The van der Waals surface area contributed by atoms with Crippen LogP contribution in [0.1, 0.15) is 46.0 Å². The molecule has 0 rings (SSSR count). The molecule has 0 aromatic carbocycles. The molecule has 0 aliphatic heterocycles. The molecule has 0 unspecified atom stereocenters. The number of carbonyl (C=O) groups is 1. The summed E-state index contributed by atoms with van der Waals surface area (Å²) in [6.07, 6.45) is 5.88. The van der Waals surface area contributed by atoms with Crippen LogP contribution >= 0.6 is 0 Å². The molecule has 0 atom stereocenters. The van der Waals surface area contributed by atoms with E-state index in [1.165, 1.54) is 19.3 Å². The first-order valence-electron chi connectivity index (χ1n) is 6.17. The molecule has 15 heavy (non-hydrogen) atoms. The third-order valence-corrected chi connectivity index (χ3v) is 2.51. The van der Waals surface area contributed by atoms with Gasteiger partial charge < -0.3 is 10.2 Å². The van der Waals surface area contributed by atoms with Crippen LogP contribution in [0, 0.1) is 0 Å². The fraction of sp³-hybridized carbons (Fsp3) is 0.917. The van der Waals surface area contributed by atoms with Crippen molar-refractivity contribution in [2.75, 3.05) is 26.7 Å². The Balaban J connectivity index is 3.38. The maximum absolute atomic E-state index is 11.5. The highest BCUT2D eigenvalue weighted by Crippen LogP contribution is 1.93. The fourth-order valence-electron chi connectivity index (χ4n) is 1.35. The number of carbonyl (C=O) groups excluding carboxylic acids is 1. The predicted molar refractivity (Wildman–Crippen MR) is 64.9 cm³/mol. The quantitative estimate of drug-likeness (QED) is 0.596. The Morgan fingerprint density at radius 1 is 1.13 bits per heavy atom. The van der Waals surface area contributed by atoms with E-state index in [1.807, 2.05) is 11.9 Å². The number of nitrogens with zero attached hydrogens (tertiary/aromatic N) is 1. The van der Waals surface area contributed by atoms with Gasteiger partial charge in [-0.3, -0.25) is 4.79 Å². The largest absolute Gasteiger partial charge is 0.345 e. The molecule has 0 aromatic heterocycles. The summed E-state index contributed by atoms with van der Waals surface area (Å²) in [5, 5.41) is 3.19. The van der Waals surface area contributed by atoms with Gasteiger partial charge in [-0.15, -0.1) is 0 Å². The number of nitrogens with one attached hydrogen (secondary N) is 1. The second-order valence-corrected chi connectivity index (χ2v) is 4.05. The summed E-state index contributed by atoms with van der Waals surface area (Å²) < 4.78 is 0. The highest BCUT2D eigenvalue weighted by Gasteiger charge is 2.06. The Hall–Kier alpha value is -0.570. The molecule has 3 nitrogen and oxygen atoms in total. The van der Waals surface area contributed by atoms with Gasteiger partial charge in [0.05, 0.1) is 6.54 Å². The number of hydrogen-bond acceptors (Lipinski definition) is 2. The van der Waals surface area contributed by atoms with Crippen molar-refractivity contribution in [2.24, 2.45) is 0 Å². The molecule has 90 valence electrons. The van der Waals surface area contributed by atoms with Crippen LogP contribution in [-0.4, -0.2) is 37.5 Å². The minimum atomic E-state index is 0.208. The van der Waals surface area contributed by atoms with Crippen LogP contribution in [0.2, 0.25) is 0 Å². The first kappa shape index (κ1) is 14.4. The molecule has 0 bridgehead atoms. The van der Waals surface area contributed by atoms with Gasteiger partial charge in [0.25, 0.3) is 0 Å². The van der Waals surface area contributed by atoms with E-state index in [4.69, 9.17) is 0 Å². The smallest absolute Gasteiger partial charge is 0.236 e. The minimum absolute atomic E-state index is 0.208. The molecule has 1 N–H and O–H groups in total. The average molecular weight is 214 g/mol. The van der Waals surface area contributed by atoms with Gasteiger partial charge in [-0.2, -0.15) is 0 Å². The second kappa shape index (κ2) is 9.97. The van der Waals surface area contributed by atoms with Crippen LogP contribution in [0.25, 0.3) is 0 Å². The van der Waals surface area contributed by atoms with E-state index in [2.05, 4.69) is 19.2 Å². The lowest BCUT2D eigenvalue weighted by Gasteiger charge is -2.16. The molecule has 0 fully saturated rings. The normalized spacial score (nSPS) is 10.3. The van der Waals surface area contributed by atoms with E-state index >= 15 is 0 Å². The molecular weight excluding hydrogens is 188 g/mol. The molecule has 0 heterocycles. The van der Waals surface area contributed by atoms with Crippen LogP contribution in [0.3, 0.4) is 0 Å². The maximum atomic E-state index is 11.5. The van der Waals surface area contributed by atoms with Crippen LogP contribution in [0.4, 0.5) is 0 Å². The van der Waals surface area contributed by atoms with Crippen LogP contribution in [-0.2, 0) is 4.79 Å². The summed E-state index contributed by atoms with van der Waals surface area (Å²) in [7, 11) is 1.88. The van der Waals surface area contributed by atoms with E-state index in [-0.39, 0.29) is 5.91 Å². The summed E-state index contributed by atoms with van der Waals surface area (Å²) in [6.45, 7) is 6.65. The van der Waals surface area contributed by atoms with Crippen molar-refractivity contribution in [3.63, 3.8) is 0 Å². The molecule has 0 aliphatic carbocycles. The van der Waals surface area contributed by atoms with Crippen molar-refractivity contribution < 1.29 is 4.79 Å². The summed E-state index contributed by atoms with van der Waals surface area (Å²) >= 11 is 0. The predicted octanol–water partition coefficient (Wildman–Crippen LogP) is 2.02. The lowest BCUT2D eigenvalue weighted by atomic mass is 10.2. The van der Waals surface area contributed by atoms with E-state index in [1.54, 1.807) is 0 Å². The number of rotatable bonds is 9. The van der Waals surface area contributed by atoms with Gasteiger partial charge in [0, 0.05) is 13.6 Å². The van der Waals surface area contributed by atoms with E-state index < -0.39 is 0 Å². The zero-order valence-electron chi connectivity index (χ0n) is 10.5. The SMILES string of the molecule is CCCCCNCC(=O)N(C)CCCC. The van der Waals surface area contributed by atoms with Crippen molar-refractivity contribution in [2.45, 2.75) is 46.0 Å². The van der Waals surface area contributed by atoms with Gasteiger partial charge in [-0.05, 0) is 19.4 Å².